The number of unbranched alkanes of at least 4 members (excludes halogenated alkanes) is 1. The van der Waals surface area contributed by atoms with Crippen LogP contribution in [0.5, 0.6) is 0 Å². The molecule has 21 heavy (non-hydrogen) atoms. The Morgan fingerprint density at radius 2 is 1.86 bits per heavy atom. The van der Waals surface area contributed by atoms with Gasteiger partial charge in [0.2, 0.25) is 0 Å². The molecule has 1 rings (SSSR count). The van der Waals surface area contributed by atoms with E-state index in [2.05, 4.69) is 23.9 Å². The van der Waals surface area contributed by atoms with Crippen molar-refractivity contribution in [3.05, 3.63) is 0 Å². The number of rotatable bonds is 10. The number of hydrogen-bond acceptors (Lipinski definition) is 5. The van der Waals surface area contributed by atoms with Gasteiger partial charge in [0.15, 0.2) is 0 Å². The summed E-state index contributed by atoms with van der Waals surface area (Å²) in [4.78, 5) is 4.77. The fourth-order valence-electron chi connectivity index (χ4n) is 3.16. The van der Waals surface area contributed by atoms with Crippen molar-refractivity contribution in [1.29, 1.82) is 0 Å². The van der Waals surface area contributed by atoms with Gasteiger partial charge in [-0.2, -0.15) is 0 Å². The Hall–Kier alpha value is -0.200. The van der Waals surface area contributed by atoms with Crippen molar-refractivity contribution < 1.29 is 10.2 Å². The average molecular weight is 301 g/mol. The third kappa shape index (κ3) is 8.73. The van der Waals surface area contributed by atoms with Crippen LogP contribution >= 0.6 is 0 Å². The van der Waals surface area contributed by atoms with Gasteiger partial charge < -0.3 is 25.7 Å². The molecule has 126 valence electrons. The minimum atomic E-state index is -1.10. The van der Waals surface area contributed by atoms with E-state index in [0.29, 0.717) is 25.2 Å². The molecule has 0 bridgehead atoms. The first kappa shape index (κ1) is 18.8. The van der Waals surface area contributed by atoms with Crippen LogP contribution in [0.15, 0.2) is 0 Å². The molecule has 1 aliphatic rings. The number of nitrogens with zero attached hydrogens (tertiary/aromatic N) is 2. The Kier molecular flexibility index (Phi) is 8.74. The Morgan fingerprint density at radius 3 is 2.43 bits per heavy atom. The van der Waals surface area contributed by atoms with Gasteiger partial charge in [0.05, 0.1) is 0 Å². The van der Waals surface area contributed by atoms with Gasteiger partial charge in [-0.05, 0) is 91.1 Å². The van der Waals surface area contributed by atoms with Gasteiger partial charge in [-0.1, -0.05) is 0 Å². The molecule has 0 spiro atoms. The van der Waals surface area contributed by atoms with Gasteiger partial charge in [-0.25, -0.2) is 0 Å². The molecule has 1 atom stereocenters. The summed E-state index contributed by atoms with van der Waals surface area (Å²) in [7, 11) is 4.24. The van der Waals surface area contributed by atoms with Crippen LogP contribution in [0.2, 0.25) is 0 Å². The molecule has 1 saturated heterocycles. The molecule has 1 aliphatic heterocycles. The first-order chi connectivity index (χ1) is 9.93. The van der Waals surface area contributed by atoms with Crippen LogP contribution in [0.4, 0.5) is 0 Å². The van der Waals surface area contributed by atoms with E-state index in [-0.39, 0.29) is 6.61 Å². The lowest BCUT2D eigenvalue weighted by Gasteiger charge is -2.35. The zero-order valence-electron chi connectivity index (χ0n) is 13.9. The van der Waals surface area contributed by atoms with Gasteiger partial charge >= 0.3 is 0 Å². The Labute approximate surface area is 130 Å². The number of piperidine rings is 1. The predicted molar refractivity (Wildman–Crippen MR) is 87.0 cm³/mol. The molecule has 4 N–H and O–H groups in total. The summed E-state index contributed by atoms with van der Waals surface area (Å²) in [6, 6.07) is 0. The van der Waals surface area contributed by atoms with E-state index in [1.54, 1.807) is 0 Å². The van der Waals surface area contributed by atoms with E-state index in [9.17, 15) is 5.11 Å². The quantitative estimate of drug-likeness (QED) is 0.412. The van der Waals surface area contributed by atoms with Gasteiger partial charge in [0.1, 0.15) is 5.72 Å². The molecule has 0 radical (unpaired) electrons. The molecular weight excluding hydrogens is 266 g/mol. The Bertz CT molecular complexity index is 264. The molecule has 1 heterocycles. The Morgan fingerprint density at radius 1 is 1.19 bits per heavy atom. The van der Waals surface area contributed by atoms with E-state index < -0.39 is 5.72 Å². The fourth-order valence-corrected chi connectivity index (χ4v) is 3.16. The van der Waals surface area contributed by atoms with Gasteiger partial charge in [0, 0.05) is 6.61 Å². The van der Waals surface area contributed by atoms with Crippen LogP contribution in [-0.4, -0.2) is 72.6 Å². The summed E-state index contributed by atoms with van der Waals surface area (Å²) in [6.07, 6.45) is 6.53. The van der Waals surface area contributed by atoms with Crippen molar-refractivity contribution in [2.45, 2.75) is 50.7 Å². The highest BCUT2D eigenvalue weighted by Crippen LogP contribution is 2.26. The standard InChI is InChI=1S/C16H35N3O2/c1-18(2)9-3-4-10-19-11-6-15(7-12-19)14-16(17,21)8-5-13-20/h15,20-21H,3-14,17H2,1-2H3. The van der Waals surface area contributed by atoms with Crippen LogP contribution in [0.25, 0.3) is 0 Å². The van der Waals surface area contributed by atoms with E-state index >= 15 is 0 Å². The zero-order valence-corrected chi connectivity index (χ0v) is 13.9. The topological polar surface area (TPSA) is 73.0 Å². The molecule has 0 saturated carbocycles. The fraction of sp³-hybridized carbons (Fsp3) is 1.00. The molecule has 0 aliphatic carbocycles. The molecule has 0 aromatic carbocycles. The number of hydrogen-bond donors (Lipinski definition) is 3. The molecule has 1 unspecified atom stereocenters. The largest absolute Gasteiger partial charge is 0.396 e. The lowest BCUT2D eigenvalue weighted by molar-refractivity contribution is -0.00218. The van der Waals surface area contributed by atoms with Crippen LogP contribution in [0.3, 0.4) is 0 Å². The predicted octanol–water partition coefficient (Wildman–Crippen LogP) is 0.850. The first-order valence-corrected chi connectivity index (χ1v) is 8.42. The van der Waals surface area contributed by atoms with E-state index in [0.717, 1.165) is 25.9 Å². The van der Waals surface area contributed by atoms with E-state index in [1.165, 1.54) is 25.9 Å². The number of nitrogens with two attached hydrogens (primary N) is 1. The molecule has 0 aromatic heterocycles. The molecule has 5 nitrogen and oxygen atoms in total. The van der Waals surface area contributed by atoms with Crippen molar-refractivity contribution in [3.8, 4) is 0 Å². The molecular formula is C16H35N3O2. The Balaban J connectivity index is 2.14. The van der Waals surface area contributed by atoms with Crippen LogP contribution in [-0.2, 0) is 0 Å². The number of likely N-dealkylation sites (tertiary alicyclic amines) is 1. The van der Waals surface area contributed by atoms with Crippen molar-refractivity contribution >= 4 is 0 Å². The van der Waals surface area contributed by atoms with Gasteiger partial charge in [0.25, 0.3) is 0 Å². The van der Waals surface area contributed by atoms with E-state index in [4.69, 9.17) is 10.8 Å². The second-order valence-electron chi connectivity index (χ2n) is 6.93. The normalized spacial score (nSPS) is 20.9. The maximum atomic E-state index is 10.1. The highest BCUT2D eigenvalue weighted by atomic mass is 16.3. The van der Waals surface area contributed by atoms with Crippen LogP contribution in [0, 0.1) is 5.92 Å². The van der Waals surface area contributed by atoms with Gasteiger partial charge in [-0.3, -0.25) is 0 Å². The van der Waals surface area contributed by atoms with E-state index in [1.807, 2.05) is 0 Å². The maximum absolute atomic E-state index is 10.1. The van der Waals surface area contributed by atoms with Crippen LogP contribution in [0.1, 0.15) is 44.9 Å². The molecule has 0 aromatic rings. The molecule has 5 heteroatoms. The number of aliphatic hydroxyl groups excluding tert-OH is 1. The number of aliphatic hydroxyl groups is 2. The summed E-state index contributed by atoms with van der Waals surface area (Å²) in [5.41, 5.74) is 4.83. The van der Waals surface area contributed by atoms with Crippen molar-refractivity contribution in [2.24, 2.45) is 11.7 Å². The average Bonchev–Trinajstić information content (AvgIpc) is 2.42. The van der Waals surface area contributed by atoms with Crippen molar-refractivity contribution in [1.82, 2.24) is 9.80 Å². The third-order valence-corrected chi connectivity index (χ3v) is 4.45. The second-order valence-corrected chi connectivity index (χ2v) is 6.93. The second kappa shape index (κ2) is 9.74. The first-order valence-electron chi connectivity index (χ1n) is 8.42. The molecule has 0 amide bonds. The minimum Gasteiger partial charge on any atom is -0.396 e. The summed E-state index contributed by atoms with van der Waals surface area (Å²) >= 11 is 0. The van der Waals surface area contributed by atoms with Gasteiger partial charge in [-0.15, -0.1) is 0 Å². The van der Waals surface area contributed by atoms with Crippen molar-refractivity contribution in [3.63, 3.8) is 0 Å². The monoisotopic (exact) mass is 301 g/mol. The minimum absolute atomic E-state index is 0.102. The maximum Gasteiger partial charge on any atom is 0.113 e. The molecule has 1 fully saturated rings. The lowest BCUT2D eigenvalue weighted by Crippen LogP contribution is -2.44. The van der Waals surface area contributed by atoms with Crippen LogP contribution < -0.4 is 5.73 Å². The third-order valence-electron chi connectivity index (χ3n) is 4.45. The lowest BCUT2D eigenvalue weighted by atomic mass is 9.87. The summed E-state index contributed by atoms with van der Waals surface area (Å²) in [6.45, 7) is 4.72. The van der Waals surface area contributed by atoms with Crippen molar-refractivity contribution in [2.75, 3.05) is 46.9 Å². The summed E-state index contributed by atoms with van der Waals surface area (Å²) in [5, 5.41) is 19.0. The smallest absolute Gasteiger partial charge is 0.113 e. The highest BCUT2D eigenvalue weighted by molar-refractivity contribution is 4.80. The summed E-state index contributed by atoms with van der Waals surface area (Å²) < 4.78 is 0. The highest BCUT2D eigenvalue weighted by Gasteiger charge is 2.28. The zero-order chi connectivity index (χ0) is 15.7. The SMILES string of the molecule is CN(C)CCCCN1CCC(CC(N)(O)CCCO)CC1. The summed E-state index contributed by atoms with van der Waals surface area (Å²) in [5.74, 6) is 0.525.